The van der Waals surface area contributed by atoms with Gasteiger partial charge in [-0.05, 0) is 6.92 Å². The maximum absolute atomic E-state index is 5.84. The molecule has 0 saturated carbocycles. The van der Waals surface area contributed by atoms with E-state index in [-0.39, 0.29) is 6.04 Å². The minimum atomic E-state index is -0.196. The number of nitrogens with two attached hydrogens (primary N) is 1. The first-order valence-electron chi connectivity index (χ1n) is 5.81. The van der Waals surface area contributed by atoms with E-state index in [0.29, 0.717) is 30.8 Å². The number of nitrogens with zero attached hydrogens (tertiary/aromatic N) is 5. The molecule has 0 amide bonds. The normalized spacial score (nSPS) is 17.4. The van der Waals surface area contributed by atoms with Crippen LogP contribution in [0, 0.1) is 0 Å². The van der Waals surface area contributed by atoms with Gasteiger partial charge in [-0.1, -0.05) is 0 Å². The van der Waals surface area contributed by atoms with Crippen LogP contribution in [0.2, 0.25) is 0 Å². The van der Waals surface area contributed by atoms with Crippen LogP contribution in [0.25, 0.3) is 5.82 Å². The first kappa shape index (κ1) is 11.2. The summed E-state index contributed by atoms with van der Waals surface area (Å²) >= 11 is 0. The van der Waals surface area contributed by atoms with Gasteiger partial charge < -0.3 is 10.5 Å². The van der Waals surface area contributed by atoms with E-state index < -0.39 is 0 Å². The molecule has 7 heteroatoms. The van der Waals surface area contributed by atoms with Crippen LogP contribution in [0.5, 0.6) is 0 Å². The van der Waals surface area contributed by atoms with Crippen molar-refractivity contribution in [3.8, 4) is 5.82 Å². The van der Waals surface area contributed by atoms with Crippen molar-refractivity contribution in [3.05, 3.63) is 30.2 Å². The monoisotopic (exact) mass is 246 g/mol. The summed E-state index contributed by atoms with van der Waals surface area (Å²) < 4.78 is 6.81. The molecule has 0 aliphatic carbocycles. The quantitative estimate of drug-likeness (QED) is 0.831. The van der Waals surface area contributed by atoms with Crippen molar-refractivity contribution in [3.63, 3.8) is 0 Å². The SMILES string of the molecule is CC(N)c1ncnn1-c1cc(C2COC2)ncn1. The standard InChI is InChI=1S/C11H14N6O/c1-7(12)11-15-6-16-17(11)10-2-9(13-5-14-10)8-3-18-4-8/h2,5-8H,3-4,12H2,1H3. The Kier molecular flexibility index (Phi) is 2.77. The van der Waals surface area contributed by atoms with E-state index in [1.807, 2.05) is 13.0 Å². The average molecular weight is 246 g/mol. The minimum absolute atomic E-state index is 0.196. The Morgan fingerprint density at radius 3 is 2.83 bits per heavy atom. The molecule has 3 rings (SSSR count). The molecule has 0 spiro atoms. The Morgan fingerprint density at radius 2 is 2.17 bits per heavy atom. The second-order valence-electron chi connectivity index (χ2n) is 4.35. The van der Waals surface area contributed by atoms with Crippen molar-refractivity contribution >= 4 is 0 Å². The summed E-state index contributed by atoms with van der Waals surface area (Å²) in [5.41, 5.74) is 6.81. The van der Waals surface area contributed by atoms with Gasteiger partial charge in [-0.25, -0.2) is 15.0 Å². The van der Waals surface area contributed by atoms with E-state index in [9.17, 15) is 0 Å². The van der Waals surface area contributed by atoms with E-state index in [1.165, 1.54) is 12.7 Å². The largest absolute Gasteiger partial charge is 0.380 e. The fraction of sp³-hybridized carbons (Fsp3) is 0.455. The molecule has 1 aliphatic rings. The fourth-order valence-electron chi connectivity index (χ4n) is 1.84. The highest BCUT2D eigenvalue weighted by molar-refractivity contribution is 5.26. The highest BCUT2D eigenvalue weighted by atomic mass is 16.5. The molecule has 1 unspecified atom stereocenters. The third-order valence-corrected chi connectivity index (χ3v) is 2.93. The minimum Gasteiger partial charge on any atom is -0.380 e. The third kappa shape index (κ3) is 1.87. The van der Waals surface area contributed by atoms with Gasteiger partial charge in [-0.3, -0.25) is 0 Å². The van der Waals surface area contributed by atoms with Crippen LogP contribution >= 0.6 is 0 Å². The Hall–Kier alpha value is -1.86. The van der Waals surface area contributed by atoms with Crippen molar-refractivity contribution in [2.24, 2.45) is 5.73 Å². The molecule has 1 atom stereocenters. The van der Waals surface area contributed by atoms with Gasteiger partial charge in [-0.15, -0.1) is 0 Å². The van der Waals surface area contributed by atoms with Crippen molar-refractivity contribution in [2.45, 2.75) is 18.9 Å². The maximum Gasteiger partial charge on any atom is 0.159 e. The average Bonchev–Trinajstić information content (AvgIpc) is 2.76. The summed E-state index contributed by atoms with van der Waals surface area (Å²) in [4.78, 5) is 12.6. The van der Waals surface area contributed by atoms with Crippen molar-refractivity contribution in [2.75, 3.05) is 13.2 Å². The Balaban J connectivity index is 1.98. The molecule has 18 heavy (non-hydrogen) atoms. The van der Waals surface area contributed by atoms with Gasteiger partial charge in [0, 0.05) is 12.0 Å². The molecule has 0 radical (unpaired) electrons. The Labute approximate surface area is 104 Å². The second-order valence-corrected chi connectivity index (χ2v) is 4.35. The van der Waals surface area contributed by atoms with E-state index in [2.05, 4.69) is 20.1 Å². The molecule has 0 bridgehead atoms. The summed E-state index contributed by atoms with van der Waals surface area (Å²) in [5.74, 6) is 1.73. The number of hydrogen-bond donors (Lipinski definition) is 1. The zero-order valence-corrected chi connectivity index (χ0v) is 10.0. The van der Waals surface area contributed by atoms with E-state index >= 15 is 0 Å². The van der Waals surface area contributed by atoms with Gasteiger partial charge in [0.1, 0.15) is 12.7 Å². The van der Waals surface area contributed by atoms with Gasteiger partial charge >= 0.3 is 0 Å². The Morgan fingerprint density at radius 1 is 1.33 bits per heavy atom. The van der Waals surface area contributed by atoms with Gasteiger partial charge in [0.05, 0.1) is 24.9 Å². The molecule has 0 aromatic carbocycles. The molecule has 2 aromatic heterocycles. The number of aromatic nitrogens is 5. The van der Waals surface area contributed by atoms with Gasteiger partial charge in [0.15, 0.2) is 11.6 Å². The summed E-state index contributed by atoms with van der Waals surface area (Å²) in [5, 5.41) is 4.16. The van der Waals surface area contributed by atoms with Crippen LogP contribution in [0.1, 0.15) is 30.4 Å². The second kappa shape index (κ2) is 4.43. The van der Waals surface area contributed by atoms with Crippen molar-refractivity contribution in [1.29, 1.82) is 0 Å². The lowest BCUT2D eigenvalue weighted by Crippen LogP contribution is -2.26. The topological polar surface area (TPSA) is 91.7 Å². The summed E-state index contributed by atoms with van der Waals surface area (Å²) in [6, 6.07) is 1.71. The lowest BCUT2D eigenvalue weighted by atomic mass is 10.0. The third-order valence-electron chi connectivity index (χ3n) is 2.93. The van der Waals surface area contributed by atoms with Crippen LogP contribution < -0.4 is 5.73 Å². The van der Waals surface area contributed by atoms with Gasteiger partial charge in [0.25, 0.3) is 0 Å². The fourth-order valence-corrected chi connectivity index (χ4v) is 1.84. The molecule has 2 N–H and O–H groups in total. The zero-order valence-electron chi connectivity index (χ0n) is 10.0. The smallest absolute Gasteiger partial charge is 0.159 e. The molecule has 94 valence electrons. The number of ether oxygens (including phenoxy) is 1. The number of rotatable bonds is 3. The van der Waals surface area contributed by atoms with E-state index in [0.717, 1.165) is 5.69 Å². The number of hydrogen-bond acceptors (Lipinski definition) is 6. The van der Waals surface area contributed by atoms with Crippen molar-refractivity contribution < 1.29 is 4.74 Å². The van der Waals surface area contributed by atoms with Crippen LogP contribution in [-0.2, 0) is 4.74 Å². The van der Waals surface area contributed by atoms with E-state index in [1.54, 1.807) is 4.68 Å². The van der Waals surface area contributed by atoms with Crippen LogP contribution in [-0.4, -0.2) is 37.9 Å². The molecule has 7 nitrogen and oxygen atoms in total. The van der Waals surface area contributed by atoms with Gasteiger partial charge in [0.2, 0.25) is 0 Å². The van der Waals surface area contributed by atoms with Crippen LogP contribution in [0.3, 0.4) is 0 Å². The predicted molar refractivity (Wildman–Crippen MR) is 63.1 cm³/mol. The Bertz CT molecular complexity index is 548. The molecule has 1 saturated heterocycles. The molecule has 1 aliphatic heterocycles. The van der Waals surface area contributed by atoms with Crippen molar-refractivity contribution in [1.82, 2.24) is 24.7 Å². The van der Waals surface area contributed by atoms with Crippen LogP contribution in [0.4, 0.5) is 0 Å². The first-order chi connectivity index (χ1) is 8.75. The highest BCUT2D eigenvalue weighted by Gasteiger charge is 2.23. The maximum atomic E-state index is 5.84. The lowest BCUT2D eigenvalue weighted by Gasteiger charge is -2.25. The molecular weight excluding hydrogens is 232 g/mol. The molecule has 3 heterocycles. The lowest BCUT2D eigenvalue weighted by molar-refractivity contribution is 0.00665. The first-order valence-corrected chi connectivity index (χ1v) is 5.81. The molecule has 2 aromatic rings. The van der Waals surface area contributed by atoms with Crippen LogP contribution in [0.15, 0.2) is 18.7 Å². The highest BCUT2D eigenvalue weighted by Crippen LogP contribution is 2.23. The van der Waals surface area contributed by atoms with E-state index in [4.69, 9.17) is 10.5 Å². The summed E-state index contributed by atoms with van der Waals surface area (Å²) in [6.07, 6.45) is 3.02. The summed E-state index contributed by atoms with van der Waals surface area (Å²) in [7, 11) is 0. The summed E-state index contributed by atoms with van der Waals surface area (Å²) in [6.45, 7) is 3.30. The zero-order chi connectivity index (χ0) is 12.5. The molecular formula is C11H14N6O. The predicted octanol–water partition coefficient (Wildman–Crippen LogP) is 0.191. The molecule has 1 fully saturated rings. The van der Waals surface area contributed by atoms with Gasteiger partial charge in [-0.2, -0.15) is 9.78 Å².